The van der Waals surface area contributed by atoms with Crippen molar-refractivity contribution < 1.29 is 9.18 Å². The standard InChI is InChI=1S/C22H26FN3O2/c1-15-8-9-18(19(27)24-15)20(28)25-11-5-10-22(25)13-21(2,3)26(14-22)17-7-4-6-16(23)12-17/h4,6-9,12H,5,10-11,13-14H2,1-3H3,(H,24,27). The molecule has 6 heteroatoms. The highest BCUT2D eigenvalue weighted by molar-refractivity contribution is 5.94. The van der Waals surface area contributed by atoms with Crippen LogP contribution in [0.1, 0.15) is 49.2 Å². The van der Waals surface area contributed by atoms with Gasteiger partial charge in [0.05, 0.1) is 5.54 Å². The highest BCUT2D eigenvalue weighted by atomic mass is 19.1. The van der Waals surface area contributed by atoms with E-state index in [4.69, 9.17) is 0 Å². The lowest BCUT2D eigenvalue weighted by molar-refractivity contribution is 0.0615. The van der Waals surface area contributed by atoms with Crippen molar-refractivity contribution in [3.05, 3.63) is 63.8 Å². The largest absolute Gasteiger partial charge is 0.364 e. The second-order valence-corrected chi connectivity index (χ2v) is 8.72. The maximum atomic E-state index is 13.8. The number of hydrogen-bond donors (Lipinski definition) is 1. The van der Waals surface area contributed by atoms with Gasteiger partial charge >= 0.3 is 0 Å². The first kappa shape index (κ1) is 18.7. The van der Waals surface area contributed by atoms with Gasteiger partial charge in [0, 0.05) is 30.0 Å². The summed E-state index contributed by atoms with van der Waals surface area (Å²) in [6.07, 6.45) is 2.58. The van der Waals surface area contributed by atoms with Gasteiger partial charge in [-0.15, -0.1) is 0 Å². The number of anilines is 1. The summed E-state index contributed by atoms with van der Waals surface area (Å²) in [5, 5.41) is 0. The van der Waals surface area contributed by atoms with Gasteiger partial charge in [-0.2, -0.15) is 0 Å². The minimum atomic E-state index is -0.343. The number of benzene rings is 1. The summed E-state index contributed by atoms with van der Waals surface area (Å²) in [7, 11) is 0. The monoisotopic (exact) mass is 383 g/mol. The zero-order valence-electron chi connectivity index (χ0n) is 16.6. The number of aromatic amines is 1. The summed E-state index contributed by atoms with van der Waals surface area (Å²) in [6, 6.07) is 10.00. The molecule has 0 bridgehead atoms. The van der Waals surface area contributed by atoms with E-state index < -0.39 is 0 Å². The lowest BCUT2D eigenvalue weighted by Gasteiger charge is -2.35. The highest BCUT2D eigenvalue weighted by Gasteiger charge is 2.55. The number of hydrogen-bond acceptors (Lipinski definition) is 3. The van der Waals surface area contributed by atoms with Crippen LogP contribution in [0.2, 0.25) is 0 Å². The summed E-state index contributed by atoms with van der Waals surface area (Å²) in [6.45, 7) is 7.33. The molecule has 148 valence electrons. The molecule has 0 aliphatic carbocycles. The molecule has 5 nitrogen and oxygen atoms in total. The molecule has 1 spiro atoms. The number of carbonyl (C=O) groups excluding carboxylic acids is 1. The number of nitrogens with zero attached hydrogens (tertiary/aromatic N) is 2. The Labute approximate surface area is 164 Å². The molecule has 4 rings (SSSR count). The minimum Gasteiger partial charge on any atom is -0.364 e. The number of amides is 1. The van der Waals surface area contributed by atoms with Crippen molar-refractivity contribution in [2.45, 2.75) is 51.1 Å². The Morgan fingerprint density at radius 2 is 2.00 bits per heavy atom. The maximum Gasteiger partial charge on any atom is 0.260 e. The Hall–Kier alpha value is -2.63. The van der Waals surface area contributed by atoms with Crippen LogP contribution < -0.4 is 10.5 Å². The number of aryl methyl sites for hydroxylation is 1. The predicted molar refractivity (Wildman–Crippen MR) is 107 cm³/mol. The van der Waals surface area contributed by atoms with Crippen LogP contribution in [0, 0.1) is 12.7 Å². The van der Waals surface area contributed by atoms with E-state index in [1.807, 2.05) is 11.0 Å². The number of H-pyrrole nitrogens is 1. The fourth-order valence-corrected chi connectivity index (χ4v) is 5.04. The Bertz CT molecular complexity index is 984. The molecule has 1 aromatic carbocycles. The molecule has 28 heavy (non-hydrogen) atoms. The molecule has 1 N–H and O–H groups in total. The van der Waals surface area contributed by atoms with Crippen molar-refractivity contribution in [2.75, 3.05) is 18.0 Å². The van der Waals surface area contributed by atoms with Crippen LogP contribution in [0.4, 0.5) is 10.1 Å². The topological polar surface area (TPSA) is 56.4 Å². The van der Waals surface area contributed by atoms with E-state index in [0.29, 0.717) is 13.1 Å². The molecular weight excluding hydrogens is 357 g/mol. The first-order valence-electron chi connectivity index (χ1n) is 9.77. The molecule has 2 aromatic rings. The van der Waals surface area contributed by atoms with Crippen LogP contribution in [0.15, 0.2) is 41.2 Å². The van der Waals surface area contributed by atoms with Gasteiger partial charge < -0.3 is 14.8 Å². The minimum absolute atomic E-state index is 0.189. The second-order valence-electron chi connectivity index (χ2n) is 8.72. The molecule has 2 aliphatic heterocycles. The molecule has 2 aliphatic rings. The number of rotatable bonds is 2. The van der Waals surface area contributed by atoms with E-state index in [2.05, 4.69) is 23.7 Å². The molecule has 2 saturated heterocycles. The van der Waals surface area contributed by atoms with E-state index in [1.54, 1.807) is 31.2 Å². The number of aromatic nitrogens is 1. The third-order valence-electron chi connectivity index (χ3n) is 6.19. The third-order valence-corrected chi connectivity index (χ3v) is 6.19. The second kappa shape index (κ2) is 6.47. The molecule has 1 unspecified atom stereocenters. The molecular formula is C22H26FN3O2. The summed E-state index contributed by atoms with van der Waals surface area (Å²) in [5.74, 6) is -0.476. The molecule has 0 saturated carbocycles. The van der Waals surface area contributed by atoms with Gasteiger partial charge in [0.25, 0.3) is 11.5 Å². The van der Waals surface area contributed by atoms with Gasteiger partial charge in [0.2, 0.25) is 0 Å². The van der Waals surface area contributed by atoms with E-state index in [0.717, 1.165) is 30.6 Å². The molecule has 3 heterocycles. The smallest absolute Gasteiger partial charge is 0.260 e. The lowest BCUT2D eigenvalue weighted by atomic mass is 9.87. The van der Waals surface area contributed by atoms with Crippen molar-refractivity contribution in [1.82, 2.24) is 9.88 Å². The van der Waals surface area contributed by atoms with Crippen LogP contribution in [-0.4, -0.2) is 40.0 Å². The normalized spacial score (nSPS) is 23.6. The Kier molecular flexibility index (Phi) is 4.32. The van der Waals surface area contributed by atoms with Crippen molar-refractivity contribution in [2.24, 2.45) is 0 Å². The van der Waals surface area contributed by atoms with Gasteiger partial charge in [-0.05, 0) is 70.4 Å². The Morgan fingerprint density at radius 3 is 2.71 bits per heavy atom. The van der Waals surface area contributed by atoms with E-state index in [1.165, 1.54) is 6.07 Å². The van der Waals surface area contributed by atoms with Crippen molar-refractivity contribution in [3.8, 4) is 0 Å². The first-order chi connectivity index (χ1) is 13.2. The quantitative estimate of drug-likeness (QED) is 0.864. The van der Waals surface area contributed by atoms with Crippen LogP contribution in [-0.2, 0) is 0 Å². The summed E-state index contributed by atoms with van der Waals surface area (Å²) >= 11 is 0. The van der Waals surface area contributed by atoms with Gasteiger partial charge in [-0.25, -0.2) is 4.39 Å². The number of likely N-dealkylation sites (tertiary alicyclic amines) is 1. The van der Waals surface area contributed by atoms with Crippen LogP contribution in [0.3, 0.4) is 0 Å². The lowest BCUT2D eigenvalue weighted by Crippen LogP contribution is -2.50. The SMILES string of the molecule is Cc1ccc(C(=O)N2CCCC23CN(c2cccc(F)c2)C(C)(C)C3)c(=O)[nH]1. The van der Waals surface area contributed by atoms with Crippen molar-refractivity contribution in [3.63, 3.8) is 0 Å². The number of pyridine rings is 1. The summed E-state index contributed by atoms with van der Waals surface area (Å²) < 4.78 is 13.8. The third kappa shape index (κ3) is 3.01. The Morgan fingerprint density at radius 1 is 1.21 bits per heavy atom. The van der Waals surface area contributed by atoms with Gasteiger partial charge in [0.1, 0.15) is 11.4 Å². The van der Waals surface area contributed by atoms with Gasteiger partial charge in [-0.1, -0.05) is 6.07 Å². The predicted octanol–water partition coefficient (Wildman–Crippen LogP) is 3.49. The Balaban J connectivity index is 1.69. The highest BCUT2D eigenvalue weighted by Crippen LogP contribution is 2.47. The molecule has 1 atom stereocenters. The fourth-order valence-electron chi connectivity index (χ4n) is 5.04. The zero-order valence-corrected chi connectivity index (χ0v) is 16.6. The zero-order chi connectivity index (χ0) is 20.1. The molecule has 2 fully saturated rings. The van der Waals surface area contributed by atoms with Crippen LogP contribution >= 0.6 is 0 Å². The number of carbonyl (C=O) groups is 1. The van der Waals surface area contributed by atoms with Gasteiger partial charge in [-0.3, -0.25) is 9.59 Å². The molecule has 1 amide bonds. The van der Waals surface area contributed by atoms with Crippen LogP contribution in [0.25, 0.3) is 0 Å². The van der Waals surface area contributed by atoms with Crippen LogP contribution in [0.5, 0.6) is 0 Å². The maximum absolute atomic E-state index is 13.8. The van der Waals surface area contributed by atoms with E-state index in [9.17, 15) is 14.0 Å². The summed E-state index contributed by atoms with van der Waals surface area (Å²) in [5.41, 5.74) is 0.840. The average molecular weight is 383 g/mol. The molecule has 1 aromatic heterocycles. The van der Waals surface area contributed by atoms with Crippen molar-refractivity contribution >= 4 is 11.6 Å². The first-order valence-corrected chi connectivity index (χ1v) is 9.77. The van der Waals surface area contributed by atoms with E-state index in [-0.39, 0.29) is 33.9 Å². The van der Waals surface area contributed by atoms with E-state index >= 15 is 0 Å². The molecule has 0 radical (unpaired) electrons. The van der Waals surface area contributed by atoms with Gasteiger partial charge in [0.15, 0.2) is 0 Å². The average Bonchev–Trinajstić information content (AvgIpc) is 3.14. The van der Waals surface area contributed by atoms with Crippen molar-refractivity contribution in [1.29, 1.82) is 0 Å². The fraction of sp³-hybridized carbons (Fsp3) is 0.455. The summed E-state index contributed by atoms with van der Waals surface area (Å²) in [4.78, 5) is 32.4. The number of nitrogens with one attached hydrogen (secondary N) is 1. The number of halogens is 1.